The van der Waals surface area contributed by atoms with Gasteiger partial charge in [-0.2, -0.15) is 5.10 Å². The van der Waals surface area contributed by atoms with Gasteiger partial charge in [0.2, 0.25) is 0 Å². The molecule has 0 unspecified atom stereocenters. The Hall–Kier alpha value is -1.92. The van der Waals surface area contributed by atoms with Crippen LogP contribution in [0, 0.1) is 5.92 Å². The maximum Gasteiger partial charge on any atom is 0.257 e. The van der Waals surface area contributed by atoms with E-state index in [1.165, 1.54) is 0 Å². The van der Waals surface area contributed by atoms with Crippen LogP contribution in [0.4, 0.5) is 0 Å². The third kappa shape index (κ3) is 4.38. The van der Waals surface area contributed by atoms with Crippen LogP contribution in [0.5, 0.6) is 0 Å². The number of carbonyl (C=O) groups excluding carboxylic acids is 1. The van der Waals surface area contributed by atoms with E-state index in [1.54, 1.807) is 22.6 Å². The average molecular weight is 359 g/mol. The van der Waals surface area contributed by atoms with Crippen LogP contribution < -0.4 is 0 Å². The van der Waals surface area contributed by atoms with E-state index in [1.807, 2.05) is 30.6 Å². The van der Waals surface area contributed by atoms with Crippen LogP contribution in [-0.4, -0.2) is 41.7 Å². The molecular formula is C19H25N3O2S. The molecular weight excluding hydrogens is 334 g/mol. The zero-order chi connectivity index (χ0) is 17.8. The molecule has 0 aliphatic carbocycles. The molecule has 0 spiro atoms. The Morgan fingerprint density at radius 2 is 2.28 bits per heavy atom. The second-order valence-corrected chi connectivity index (χ2v) is 7.90. The summed E-state index contributed by atoms with van der Waals surface area (Å²) in [5.41, 5.74) is 0.835. The van der Waals surface area contributed by atoms with Crippen molar-refractivity contribution in [2.24, 2.45) is 11.0 Å². The number of hydrazone groups is 1. The lowest BCUT2D eigenvalue weighted by atomic mass is 10.1. The van der Waals surface area contributed by atoms with E-state index in [0.29, 0.717) is 18.9 Å². The van der Waals surface area contributed by atoms with Crippen molar-refractivity contribution in [1.29, 1.82) is 0 Å². The summed E-state index contributed by atoms with van der Waals surface area (Å²) >= 11 is 1.66. The SMILES string of the molecule is CC(C)CCN(C)CC(=O)N1N=C(c2ccco2)C[C@H]1c1cccs1. The first-order valence-corrected chi connectivity index (χ1v) is 9.58. The van der Waals surface area contributed by atoms with Crippen LogP contribution >= 0.6 is 11.3 Å². The molecule has 134 valence electrons. The smallest absolute Gasteiger partial charge is 0.257 e. The van der Waals surface area contributed by atoms with Gasteiger partial charge in [0.1, 0.15) is 11.5 Å². The summed E-state index contributed by atoms with van der Waals surface area (Å²) in [6.07, 6.45) is 3.41. The van der Waals surface area contributed by atoms with Crippen molar-refractivity contribution in [3.63, 3.8) is 0 Å². The summed E-state index contributed by atoms with van der Waals surface area (Å²) in [4.78, 5) is 16.1. The van der Waals surface area contributed by atoms with E-state index in [4.69, 9.17) is 4.42 Å². The van der Waals surface area contributed by atoms with Crippen molar-refractivity contribution in [3.05, 3.63) is 46.5 Å². The molecule has 3 heterocycles. The molecule has 5 nitrogen and oxygen atoms in total. The number of thiophene rings is 1. The second-order valence-electron chi connectivity index (χ2n) is 6.92. The minimum absolute atomic E-state index is 0.0335. The van der Waals surface area contributed by atoms with E-state index in [9.17, 15) is 4.79 Å². The van der Waals surface area contributed by atoms with E-state index in [2.05, 4.69) is 29.9 Å². The molecule has 1 amide bonds. The summed E-state index contributed by atoms with van der Waals surface area (Å²) in [7, 11) is 1.99. The highest BCUT2D eigenvalue weighted by atomic mass is 32.1. The Bertz CT molecular complexity index is 707. The van der Waals surface area contributed by atoms with Gasteiger partial charge in [0, 0.05) is 11.3 Å². The average Bonchev–Trinajstić information content (AvgIpc) is 3.32. The maximum atomic E-state index is 12.9. The van der Waals surface area contributed by atoms with Gasteiger partial charge in [-0.15, -0.1) is 11.3 Å². The minimum atomic E-state index is -0.0360. The predicted molar refractivity (Wildman–Crippen MR) is 101 cm³/mol. The molecule has 3 rings (SSSR count). The Balaban J connectivity index is 1.73. The Labute approximate surface area is 152 Å². The van der Waals surface area contributed by atoms with Crippen molar-refractivity contribution < 1.29 is 9.21 Å². The van der Waals surface area contributed by atoms with Crippen molar-refractivity contribution >= 4 is 23.0 Å². The summed E-state index contributed by atoms with van der Waals surface area (Å²) < 4.78 is 5.48. The molecule has 0 saturated carbocycles. The molecule has 6 heteroatoms. The quantitative estimate of drug-likeness (QED) is 0.751. The molecule has 0 bridgehead atoms. The zero-order valence-electron chi connectivity index (χ0n) is 15.0. The molecule has 0 saturated heterocycles. The van der Waals surface area contributed by atoms with E-state index >= 15 is 0 Å². The molecule has 1 aliphatic heterocycles. The van der Waals surface area contributed by atoms with E-state index in [-0.39, 0.29) is 11.9 Å². The number of carbonyl (C=O) groups is 1. The van der Waals surface area contributed by atoms with Crippen LogP contribution in [0.2, 0.25) is 0 Å². The minimum Gasteiger partial charge on any atom is -0.463 e. The van der Waals surface area contributed by atoms with Gasteiger partial charge in [-0.1, -0.05) is 19.9 Å². The molecule has 0 fully saturated rings. The number of hydrogen-bond acceptors (Lipinski definition) is 5. The molecule has 0 radical (unpaired) electrons. The van der Waals surface area contributed by atoms with Gasteiger partial charge >= 0.3 is 0 Å². The number of hydrogen-bond donors (Lipinski definition) is 0. The van der Waals surface area contributed by atoms with E-state index < -0.39 is 0 Å². The standard InChI is InChI=1S/C19H25N3O2S/c1-14(2)8-9-21(3)13-19(23)22-16(18-7-5-11-25-18)12-15(20-22)17-6-4-10-24-17/h4-7,10-11,14,16H,8-9,12-13H2,1-3H3/t16-/m0/s1. The number of amides is 1. The summed E-state index contributed by atoms with van der Waals surface area (Å²) in [6.45, 7) is 5.69. The second kappa shape index (κ2) is 7.97. The fraction of sp³-hybridized carbons (Fsp3) is 0.474. The first-order chi connectivity index (χ1) is 12.0. The molecule has 0 aromatic carbocycles. The lowest BCUT2D eigenvalue weighted by molar-refractivity contribution is -0.133. The monoisotopic (exact) mass is 359 g/mol. The lowest BCUT2D eigenvalue weighted by Crippen LogP contribution is -2.36. The normalized spacial score (nSPS) is 17.6. The number of furan rings is 1. The Kier molecular flexibility index (Phi) is 5.71. The highest BCUT2D eigenvalue weighted by Crippen LogP contribution is 2.35. The van der Waals surface area contributed by atoms with Gasteiger partial charge in [-0.05, 0) is 49.5 Å². The van der Waals surface area contributed by atoms with Crippen molar-refractivity contribution in [2.45, 2.75) is 32.7 Å². The number of nitrogens with zero attached hydrogens (tertiary/aromatic N) is 3. The first-order valence-electron chi connectivity index (χ1n) is 8.70. The fourth-order valence-electron chi connectivity index (χ4n) is 2.90. The van der Waals surface area contributed by atoms with E-state index in [0.717, 1.165) is 29.3 Å². The van der Waals surface area contributed by atoms with Crippen molar-refractivity contribution in [3.8, 4) is 0 Å². The zero-order valence-corrected chi connectivity index (χ0v) is 15.8. The molecule has 25 heavy (non-hydrogen) atoms. The highest BCUT2D eigenvalue weighted by Gasteiger charge is 2.34. The van der Waals surface area contributed by atoms with Gasteiger partial charge in [0.15, 0.2) is 0 Å². The predicted octanol–water partition coefficient (Wildman–Crippen LogP) is 4.00. The fourth-order valence-corrected chi connectivity index (χ4v) is 3.71. The van der Waals surface area contributed by atoms with Gasteiger partial charge in [0.05, 0.1) is 18.8 Å². The molecule has 1 atom stereocenters. The van der Waals surface area contributed by atoms with Crippen LogP contribution in [0.15, 0.2) is 45.4 Å². The molecule has 2 aromatic rings. The van der Waals surface area contributed by atoms with Crippen molar-refractivity contribution in [2.75, 3.05) is 20.1 Å². The molecule has 0 N–H and O–H groups in total. The van der Waals surface area contributed by atoms with Crippen LogP contribution in [0.1, 0.15) is 43.4 Å². The van der Waals surface area contributed by atoms with Gasteiger partial charge in [-0.3, -0.25) is 9.69 Å². The number of likely N-dealkylation sites (N-methyl/N-ethyl adjacent to an activating group) is 1. The van der Waals surface area contributed by atoms with Crippen molar-refractivity contribution in [1.82, 2.24) is 9.91 Å². The van der Waals surface area contributed by atoms with Gasteiger partial charge in [-0.25, -0.2) is 5.01 Å². The Morgan fingerprint density at radius 1 is 1.44 bits per heavy atom. The maximum absolute atomic E-state index is 12.9. The summed E-state index contributed by atoms with van der Waals surface area (Å²) in [5, 5.41) is 8.29. The third-order valence-corrected chi connectivity index (χ3v) is 5.31. The number of rotatable bonds is 7. The Morgan fingerprint density at radius 3 is 2.92 bits per heavy atom. The van der Waals surface area contributed by atoms with Gasteiger partial charge < -0.3 is 4.42 Å². The van der Waals surface area contributed by atoms with Crippen LogP contribution in [0.25, 0.3) is 0 Å². The summed E-state index contributed by atoms with van der Waals surface area (Å²) in [5.74, 6) is 1.41. The highest BCUT2D eigenvalue weighted by molar-refractivity contribution is 7.10. The third-order valence-electron chi connectivity index (χ3n) is 4.34. The summed E-state index contributed by atoms with van der Waals surface area (Å²) in [6, 6.07) is 7.79. The van der Waals surface area contributed by atoms with Gasteiger partial charge in [0.25, 0.3) is 5.91 Å². The van der Waals surface area contributed by atoms with Crippen LogP contribution in [-0.2, 0) is 4.79 Å². The molecule has 2 aromatic heterocycles. The van der Waals surface area contributed by atoms with Crippen LogP contribution in [0.3, 0.4) is 0 Å². The molecule has 1 aliphatic rings. The largest absolute Gasteiger partial charge is 0.463 e. The topological polar surface area (TPSA) is 49.1 Å². The lowest BCUT2D eigenvalue weighted by Gasteiger charge is -2.24. The first kappa shape index (κ1) is 17.9.